The standard InChI is InChI=1S/C18H30ClN3O2/c1-5-20-18(21-10-17(23)12-24-11-13(2)3)22-14(4)15-7-6-8-16(19)9-15/h6-9,13-14,17,23H,5,10-12H2,1-4H3,(H2,20,21,22). The summed E-state index contributed by atoms with van der Waals surface area (Å²) in [5, 5.41) is 17.2. The molecule has 0 aliphatic heterocycles. The smallest absolute Gasteiger partial charge is 0.191 e. The van der Waals surface area contributed by atoms with Crippen LogP contribution < -0.4 is 10.6 Å². The summed E-state index contributed by atoms with van der Waals surface area (Å²) in [6.45, 7) is 10.2. The van der Waals surface area contributed by atoms with Crippen molar-refractivity contribution < 1.29 is 9.84 Å². The van der Waals surface area contributed by atoms with Gasteiger partial charge in [0.15, 0.2) is 5.96 Å². The van der Waals surface area contributed by atoms with Gasteiger partial charge in [-0.2, -0.15) is 0 Å². The Balaban J connectivity index is 2.55. The second-order valence-electron chi connectivity index (χ2n) is 6.23. The highest BCUT2D eigenvalue weighted by molar-refractivity contribution is 6.30. The van der Waals surface area contributed by atoms with E-state index in [1.54, 1.807) is 0 Å². The fourth-order valence-electron chi connectivity index (χ4n) is 2.07. The summed E-state index contributed by atoms with van der Waals surface area (Å²) >= 11 is 6.04. The molecule has 0 spiro atoms. The Labute approximate surface area is 150 Å². The molecule has 136 valence electrons. The maximum absolute atomic E-state index is 9.96. The zero-order valence-electron chi connectivity index (χ0n) is 15.1. The molecule has 1 aromatic rings. The van der Waals surface area contributed by atoms with E-state index in [0.29, 0.717) is 30.1 Å². The third kappa shape index (κ3) is 8.52. The van der Waals surface area contributed by atoms with Crippen molar-refractivity contribution >= 4 is 17.6 Å². The van der Waals surface area contributed by atoms with Crippen molar-refractivity contribution in [3.63, 3.8) is 0 Å². The first-order valence-corrected chi connectivity index (χ1v) is 8.86. The quantitative estimate of drug-likeness (QED) is 0.470. The number of aliphatic hydroxyl groups excluding tert-OH is 1. The molecule has 3 N–H and O–H groups in total. The summed E-state index contributed by atoms with van der Waals surface area (Å²) in [5.74, 6) is 1.12. The molecule has 2 unspecified atom stereocenters. The Morgan fingerprint density at radius 3 is 2.67 bits per heavy atom. The highest BCUT2D eigenvalue weighted by Gasteiger charge is 2.10. The topological polar surface area (TPSA) is 65.9 Å². The molecule has 0 aliphatic carbocycles. The van der Waals surface area contributed by atoms with Gasteiger partial charge in [0, 0.05) is 18.2 Å². The van der Waals surface area contributed by atoms with Crippen molar-refractivity contribution in [2.75, 3.05) is 26.3 Å². The number of ether oxygens (including phenoxy) is 1. The first-order chi connectivity index (χ1) is 11.4. The number of hydrogen-bond donors (Lipinski definition) is 3. The molecule has 0 aliphatic rings. The van der Waals surface area contributed by atoms with Crippen molar-refractivity contribution in [2.24, 2.45) is 10.9 Å². The van der Waals surface area contributed by atoms with Gasteiger partial charge in [-0.1, -0.05) is 37.6 Å². The Morgan fingerprint density at radius 1 is 1.29 bits per heavy atom. The zero-order valence-corrected chi connectivity index (χ0v) is 15.8. The van der Waals surface area contributed by atoms with Crippen LogP contribution in [0.3, 0.4) is 0 Å². The summed E-state index contributed by atoms with van der Waals surface area (Å²) in [6.07, 6.45) is -0.610. The first-order valence-electron chi connectivity index (χ1n) is 8.48. The van der Waals surface area contributed by atoms with Gasteiger partial charge < -0.3 is 20.5 Å². The second-order valence-corrected chi connectivity index (χ2v) is 6.66. The number of guanidine groups is 1. The predicted molar refractivity (Wildman–Crippen MR) is 101 cm³/mol. The summed E-state index contributed by atoms with van der Waals surface area (Å²) in [6, 6.07) is 7.77. The Hall–Kier alpha value is -1.30. The van der Waals surface area contributed by atoms with Crippen molar-refractivity contribution in [1.29, 1.82) is 0 Å². The van der Waals surface area contributed by atoms with Crippen LogP contribution in [0.5, 0.6) is 0 Å². The molecule has 0 saturated heterocycles. The minimum absolute atomic E-state index is 0.0517. The lowest BCUT2D eigenvalue weighted by atomic mass is 10.1. The van der Waals surface area contributed by atoms with E-state index in [1.807, 2.05) is 38.1 Å². The van der Waals surface area contributed by atoms with E-state index in [-0.39, 0.29) is 12.6 Å². The van der Waals surface area contributed by atoms with Gasteiger partial charge in [-0.05, 0) is 37.5 Å². The normalized spacial score (nSPS) is 14.5. The highest BCUT2D eigenvalue weighted by Crippen LogP contribution is 2.17. The van der Waals surface area contributed by atoms with E-state index in [4.69, 9.17) is 16.3 Å². The first kappa shape index (κ1) is 20.7. The van der Waals surface area contributed by atoms with E-state index >= 15 is 0 Å². The molecule has 0 aromatic heterocycles. The molecule has 0 heterocycles. The molecular formula is C18H30ClN3O2. The van der Waals surface area contributed by atoms with E-state index in [1.165, 1.54) is 0 Å². The maximum atomic E-state index is 9.96. The Kier molecular flexibility index (Phi) is 9.76. The minimum Gasteiger partial charge on any atom is -0.389 e. The molecule has 0 radical (unpaired) electrons. The average molecular weight is 356 g/mol. The predicted octanol–water partition coefficient (Wildman–Crippen LogP) is 2.99. The number of rotatable bonds is 9. The van der Waals surface area contributed by atoms with Gasteiger partial charge >= 0.3 is 0 Å². The van der Waals surface area contributed by atoms with Crippen LogP contribution in [0.4, 0.5) is 0 Å². The largest absolute Gasteiger partial charge is 0.389 e. The van der Waals surface area contributed by atoms with E-state index in [9.17, 15) is 5.11 Å². The van der Waals surface area contributed by atoms with Gasteiger partial charge in [0.1, 0.15) is 0 Å². The number of aliphatic hydroxyl groups is 1. The van der Waals surface area contributed by atoms with Crippen molar-refractivity contribution in [3.8, 4) is 0 Å². The molecule has 5 nitrogen and oxygen atoms in total. The number of halogens is 1. The van der Waals surface area contributed by atoms with E-state index < -0.39 is 6.10 Å². The van der Waals surface area contributed by atoms with Crippen LogP contribution in [0.2, 0.25) is 5.02 Å². The van der Waals surface area contributed by atoms with Gasteiger partial charge in [-0.25, -0.2) is 0 Å². The molecule has 0 fully saturated rings. The summed E-state index contributed by atoms with van der Waals surface area (Å²) in [5.41, 5.74) is 1.08. The second kappa shape index (κ2) is 11.3. The van der Waals surface area contributed by atoms with Crippen LogP contribution >= 0.6 is 11.6 Å². The van der Waals surface area contributed by atoms with Crippen molar-refractivity contribution in [2.45, 2.75) is 39.8 Å². The Morgan fingerprint density at radius 2 is 2.04 bits per heavy atom. The lowest BCUT2D eigenvalue weighted by Crippen LogP contribution is -2.39. The highest BCUT2D eigenvalue weighted by atomic mass is 35.5. The molecule has 24 heavy (non-hydrogen) atoms. The fraction of sp³-hybridized carbons (Fsp3) is 0.611. The number of nitrogens with one attached hydrogen (secondary N) is 2. The van der Waals surface area contributed by atoms with Gasteiger partial charge in [-0.15, -0.1) is 0 Å². The van der Waals surface area contributed by atoms with Gasteiger partial charge in [-0.3, -0.25) is 4.99 Å². The number of nitrogens with zero attached hydrogens (tertiary/aromatic N) is 1. The fourth-order valence-corrected chi connectivity index (χ4v) is 2.27. The van der Waals surface area contributed by atoms with E-state index in [0.717, 1.165) is 12.1 Å². The Bertz CT molecular complexity index is 509. The SMILES string of the molecule is CCNC(=NCC(O)COCC(C)C)NC(C)c1cccc(Cl)c1. The lowest BCUT2D eigenvalue weighted by Gasteiger charge is -2.19. The number of aliphatic imine (C=N–C) groups is 1. The molecule has 2 atom stereocenters. The number of hydrogen-bond acceptors (Lipinski definition) is 3. The summed E-state index contributed by atoms with van der Waals surface area (Å²) < 4.78 is 5.44. The molecular weight excluding hydrogens is 326 g/mol. The van der Waals surface area contributed by atoms with Gasteiger partial charge in [0.2, 0.25) is 0 Å². The molecule has 0 bridgehead atoms. The summed E-state index contributed by atoms with van der Waals surface area (Å²) in [7, 11) is 0. The molecule has 0 amide bonds. The monoisotopic (exact) mass is 355 g/mol. The third-order valence-corrected chi connectivity index (χ3v) is 3.50. The van der Waals surface area contributed by atoms with Crippen LogP contribution in [-0.2, 0) is 4.74 Å². The van der Waals surface area contributed by atoms with Gasteiger partial charge in [0.05, 0.1) is 25.3 Å². The average Bonchev–Trinajstić information content (AvgIpc) is 2.52. The van der Waals surface area contributed by atoms with Crippen LogP contribution in [0, 0.1) is 5.92 Å². The number of benzene rings is 1. The third-order valence-electron chi connectivity index (χ3n) is 3.27. The molecule has 6 heteroatoms. The van der Waals surface area contributed by atoms with Crippen LogP contribution in [0.25, 0.3) is 0 Å². The lowest BCUT2D eigenvalue weighted by molar-refractivity contribution is 0.0301. The summed E-state index contributed by atoms with van der Waals surface area (Å²) in [4.78, 5) is 4.43. The van der Waals surface area contributed by atoms with Crippen LogP contribution in [0.1, 0.15) is 39.3 Å². The van der Waals surface area contributed by atoms with E-state index in [2.05, 4.69) is 29.5 Å². The minimum atomic E-state index is -0.610. The van der Waals surface area contributed by atoms with Crippen molar-refractivity contribution in [3.05, 3.63) is 34.9 Å². The maximum Gasteiger partial charge on any atom is 0.191 e. The van der Waals surface area contributed by atoms with Crippen molar-refractivity contribution in [1.82, 2.24) is 10.6 Å². The molecule has 0 saturated carbocycles. The van der Waals surface area contributed by atoms with Crippen LogP contribution in [-0.4, -0.2) is 43.5 Å². The molecule has 1 aromatic carbocycles. The molecule has 1 rings (SSSR count). The zero-order chi connectivity index (χ0) is 17.9. The van der Waals surface area contributed by atoms with Gasteiger partial charge in [0.25, 0.3) is 0 Å². The van der Waals surface area contributed by atoms with Crippen LogP contribution in [0.15, 0.2) is 29.3 Å².